The predicted molar refractivity (Wildman–Crippen MR) is 81.1 cm³/mol. The fraction of sp³-hybridized carbons (Fsp3) is 0.625. The second kappa shape index (κ2) is 7.07. The van der Waals surface area contributed by atoms with Gasteiger partial charge in [0.05, 0.1) is 18.8 Å². The number of benzene rings is 1. The van der Waals surface area contributed by atoms with Gasteiger partial charge in [0.2, 0.25) is 0 Å². The maximum absolute atomic E-state index is 9.94. The summed E-state index contributed by atoms with van der Waals surface area (Å²) in [5.41, 5.74) is 0.718. The summed E-state index contributed by atoms with van der Waals surface area (Å²) in [6, 6.07) is 8.01. The molecule has 1 aromatic rings. The molecule has 1 atom stereocenters. The molecule has 0 aromatic heterocycles. The van der Waals surface area contributed by atoms with E-state index in [1.54, 1.807) is 0 Å². The van der Waals surface area contributed by atoms with Crippen LogP contribution in [0.4, 0.5) is 0 Å². The van der Waals surface area contributed by atoms with Crippen LogP contribution >= 0.6 is 0 Å². The zero-order chi connectivity index (χ0) is 14.4. The van der Waals surface area contributed by atoms with Gasteiger partial charge in [-0.1, -0.05) is 32.0 Å². The quantitative estimate of drug-likeness (QED) is 0.795. The van der Waals surface area contributed by atoms with Gasteiger partial charge < -0.3 is 20.1 Å². The molecule has 0 saturated carbocycles. The average Bonchev–Trinajstić information content (AvgIpc) is 2.51. The third-order valence-corrected chi connectivity index (χ3v) is 4.24. The molecule has 0 aliphatic carbocycles. The molecule has 0 amide bonds. The number of likely N-dealkylation sites (N-methyl/N-ethyl adjacent to an activating group) is 1. The third kappa shape index (κ3) is 3.14. The van der Waals surface area contributed by atoms with E-state index in [1.807, 2.05) is 18.2 Å². The molecule has 1 aliphatic rings. The van der Waals surface area contributed by atoms with Crippen LogP contribution in [-0.2, 0) is 5.54 Å². The van der Waals surface area contributed by atoms with Gasteiger partial charge in [0.15, 0.2) is 0 Å². The number of nitrogens with zero attached hydrogens (tertiary/aromatic N) is 1. The maximum atomic E-state index is 9.94. The molecule has 2 rings (SSSR count). The monoisotopic (exact) mass is 278 g/mol. The standard InChI is InChI=1S/C16H26N2O2/c1-3-18(4-2)11-10-17-16(13-19)9-12-20-15-8-6-5-7-14(15)16/h5-8,17,19H,3-4,9-13H2,1-2H3. The summed E-state index contributed by atoms with van der Waals surface area (Å²) >= 11 is 0. The Balaban J connectivity index is 2.07. The molecule has 4 nitrogen and oxygen atoms in total. The number of aliphatic hydroxyl groups excluding tert-OH is 1. The molecule has 1 heterocycles. The van der Waals surface area contributed by atoms with Crippen molar-refractivity contribution in [2.75, 3.05) is 39.4 Å². The van der Waals surface area contributed by atoms with E-state index in [9.17, 15) is 5.11 Å². The van der Waals surface area contributed by atoms with E-state index in [1.165, 1.54) is 0 Å². The lowest BCUT2D eigenvalue weighted by atomic mass is 9.85. The molecule has 0 radical (unpaired) electrons. The fourth-order valence-electron chi connectivity index (χ4n) is 2.85. The first-order valence-electron chi connectivity index (χ1n) is 7.56. The summed E-state index contributed by atoms with van der Waals surface area (Å²) in [6.45, 7) is 9.09. The van der Waals surface area contributed by atoms with Gasteiger partial charge in [0, 0.05) is 25.1 Å². The fourth-order valence-corrected chi connectivity index (χ4v) is 2.85. The van der Waals surface area contributed by atoms with E-state index in [-0.39, 0.29) is 12.1 Å². The van der Waals surface area contributed by atoms with Gasteiger partial charge in [-0.3, -0.25) is 0 Å². The highest BCUT2D eigenvalue weighted by molar-refractivity contribution is 5.41. The molecule has 0 spiro atoms. The Morgan fingerprint density at radius 3 is 2.75 bits per heavy atom. The lowest BCUT2D eigenvalue weighted by molar-refractivity contribution is 0.104. The second-order valence-corrected chi connectivity index (χ2v) is 5.29. The van der Waals surface area contributed by atoms with E-state index in [0.717, 1.165) is 43.9 Å². The van der Waals surface area contributed by atoms with Crippen molar-refractivity contribution in [3.8, 4) is 5.75 Å². The zero-order valence-electron chi connectivity index (χ0n) is 12.6. The minimum atomic E-state index is -0.359. The van der Waals surface area contributed by atoms with Crippen LogP contribution in [0, 0.1) is 0 Å². The van der Waals surface area contributed by atoms with Crippen LogP contribution in [0.25, 0.3) is 0 Å². The number of aliphatic hydroxyl groups is 1. The molecule has 1 unspecified atom stereocenters. The Morgan fingerprint density at radius 1 is 1.30 bits per heavy atom. The Bertz CT molecular complexity index is 421. The minimum absolute atomic E-state index is 0.103. The normalized spacial score (nSPS) is 21.6. The Kier molecular flexibility index (Phi) is 5.40. The molecular formula is C16H26N2O2. The SMILES string of the molecule is CCN(CC)CCNC1(CO)CCOc2ccccc21. The summed E-state index contributed by atoms with van der Waals surface area (Å²) in [5.74, 6) is 0.892. The van der Waals surface area contributed by atoms with Crippen molar-refractivity contribution in [2.24, 2.45) is 0 Å². The third-order valence-electron chi connectivity index (χ3n) is 4.24. The van der Waals surface area contributed by atoms with E-state index in [4.69, 9.17) is 4.74 Å². The van der Waals surface area contributed by atoms with Crippen LogP contribution in [-0.4, -0.2) is 49.4 Å². The molecule has 1 aromatic carbocycles. The highest BCUT2D eigenvalue weighted by atomic mass is 16.5. The molecule has 20 heavy (non-hydrogen) atoms. The molecular weight excluding hydrogens is 252 g/mol. The van der Waals surface area contributed by atoms with E-state index < -0.39 is 0 Å². The number of fused-ring (bicyclic) bond motifs is 1. The first-order valence-corrected chi connectivity index (χ1v) is 7.56. The van der Waals surface area contributed by atoms with Crippen LogP contribution in [0.1, 0.15) is 25.8 Å². The highest BCUT2D eigenvalue weighted by Gasteiger charge is 2.36. The first kappa shape index (κ1) is 15.3. The Morgan fingerprint density at radius 2 is 2.05 bits per heavy atom. The van der Waals surface area contributed by atoms with Crippen molar-refractivity contribution >= 4 is 0 Å². The second-order valence-electron chi connectivity index (χ2n) is 5.29. The van der Waals surface area contributed by atoms with Crippen molar-refractivity contribution < 1.29 is 9.84 Å². The Hall–Kier alpha value is -1.10. The van der Waals surface area contributed by atoms with Gasteiger partial charge in [-0.2, -0.15) is 0 Å². The summed E-state index contributed by atoms with van der Waals surface area (Å²) in [5, 5.41) is 13.5. The van der Waals surface area contributed by atoms with Crippen LogP contribution in [0.2, 0.25) is 0 Å². The van der Waals surface area contributed by atoms with Crippen molar-refractivity contribution in [1.82, 2.24) is 10.2 Å². The van der Waals surface area contributed by atoms with Gasteiger partial charge >= 0.3 is 0 Å². The maximum Gasteiger partial charge on any atom is 0.124 e. The van der Waals surface area contributed by atoms with Crippen molar-refractivity contribution in [3.63, 3.8) is 0 Å². The van der Waals surface area contributed by atoms with Gasteiger partial charge in [0.1, 0.15) is 5.75 Å². The van der Waals surface area contributed by atoms with Gasteiger partial charge in [-0.15, -0.1) is 0 Å². The molecule has 4 heteroatoms. The lowest BCUT2D eigenvalue weighted by Gasteiger charge is -2.39. The number of nitrogens with one attached hydrogen (secondary N) is 1. The number of hydrogen-bond acceptors (Lipinski definition) is 4. The van der Waals surface area contributed by atoms with Crippen LogP contribution in [0.5, 0.6) is 5.75 Å². The number of ether oxygens (including phenoxy) is 1. The summed E-state index contributed by atoms with van der Waals surface area (Å²) < 4.78 is 5.69. The number of rotatable bonds is 7. The van der Waals surface area contributed by atoms with Gasteiger partial charge in [0.25, 0.3) is 0 Å². The zero-order valence-corrected chi connectivity index (χ0v) is 12.6. The van der Waals surface area contributed by atoms with Crippen LogP contribution < -0.4 is 10.1 Å². The topological polar surface area (TPSA) is 44.7 Å². The minimum Gasteiger partial charge on any atom is -0.493 e. The molecule has 2 N–H and O–H groups in total. The molecule has 0 fully saturated rings. The molecule has 0 saturated heterocycles. The predicted octanol–water partition coefficient (Wildman–Crippen LogP) is 1.59. The lowest BCUT2D eigenvalue weighted by Crippen LogP contribution is -2.51. The summed E-state index contributed by atoms with van der Waals surface area (Å²) in [4.78, 5) is 2.38. The summed E-state index contributed by atoms with van der Waals surface area (Å²) in [7, 11) is 0. The molecule has 1 aliphatic heterocycles. The van der Waals surface area contributed by atoms with Crippen molar-refractivity contribution in [1.29, 1.82) is 0 Å². The highest BCUT2D eigenvalue weighted by Crippen LogP contribution is 2.36. The largest absolute Gasteiger partial charge is 0.493 e. The number of para-hydroxylation sites is 1. The van der Waals surface area contributed by atoms with E-state index in [0.29, 0.717) is 6.61 Å². The van der Waals surface area contributed by atoms with Crippen LogP contribution in [0.15, 0.2) is 24.3 Å². The van der Waals surface area contributed by atoms with Crippen LogP contribution in [0.3, 0.4) is 0 Å². The summed E-state index contributed by atoms with van der Waals surface area (Å²) in [6.07, 6.45) is 0.804. The Labute approximate surface area is 121 Å². The molecule has 112 valence electrons. The number of hydrogen-bond donors (Lipinski definition) is 2. The van der Waals surface area contributed by atoms with E-state index in [2.05, 4.69) is 30.1 Å². The van der Waals surface area contributed by atoms with Gasteiger partial charge in [-0.05, 0) is 19.2 Å². The van der Waals surface area contributed by atoms with Crippen molar-refractivity contribution in [3.05, 3.63) is 29.8 Å². The van der Waals surface area contributed by atoms with Crippen molar-refractivity contribution in [2.45, 2.75) is 25.8 Å². The van der Waals surface area contributed by atoms with E-state index >= 15 is 0 Å². The first-order chi connectivity index (χ1) is 9.75. The smallest absolute Gasteiger partial charge is 0.124 e. The average molecular weight is 278 g/mol. The molecule has 0 bridgehead atoms. The van der Waals surface area contributed by atoms with Gasteiger partial charge in [-0.25, -0.2) is 0 Å².